The Morgan fingerprint density at radius 1 is 1.12 bits per heavy atom. The zero-order valence-electron chi connectivity index (χ0n) is 18.6. The standard InChI is InChI=1S/C25H25N3O4S/c1-17-9-10-19(33-17)15-26(14-18-6-5-13-32-18)23(30)16-27-24(31)20-7-3-4-8-21(20)28-22(29)11-12-25(27,28)2/h3-10,13H,11-12,14-16H2,1-2H3. The van der Waals surface area contributed by atoms with E-state index in [2.05, 4.69) is 0 Å². The number of nitrogens with zero attached hydrogens (tertiary/aromatic N) is 3. The number of aryl methyl sites for hydroxylation is 1. The molecular formula is C25H25N3O4S. The number of carbonyl (C=O) groups is 3. The number of rotatable bonds is 6. The lowest BCUT2D eigenvalue weighted by molar-refractivity contribution is -0.135. The van der Waals surface area contributed by atoms with Gasteiger partial charge in [-0.15, -0.1) is 11.3 Å². The first-order valence-electron chi connectivity index (χ1n) is 11.0. The molecule has 2 aliphatic rings. The Balaban J connectivity index is 1.46. The summed E-state index contributed by atoms with van der Waals surface area (Å²) in [4.78, 5) is 47.1. The molecule has 3 aromatic rings. The van der Waals surface area contributed by atoms with E-state index < -0.39 is 5.66 Å². The summed E-state index contributed by atoms with van der Waals surface area (Å²) in [6.45, 7) is 4.52. The van der Waals surface area contributed by atoms with Gasteiger partial charge in [0.2, 0.25) is 11.8 Å². The Morgan fingerprint density at radius 3 is 2.67 bits per heavy atom. The molecule has 0 N–H and O–H groups in total. The maximum absolute atomic E-state index is 13.6. The Bertz CT molecular complexity index is 1220. The molecule has 1 saturated heterocycles. The fourth-order valence-electron chi connectivity index (χ4n) is 4.76. The van der Waals surface area contributed by atoms with Gasteiger partial charge in [0, 0.05) is 16.2 Å². The fourth-order valence-corrected chi connectivity index (χ4v) is 5.66. The third kappa shape index (κ3) is 3.74. The normalized spacial score (nSPS) is 19.6. The average Bonchev–Trinajstić information content (AvgIpc) is 3.52. The first-order valence-corrected chi connectivity index (χ1v) is 11.8. The number of benzene rings is 1. The number of fused-ring (bicyclic) bond motifs is 3. The van der Waals surface area contributed by atoms with Gasteiger partial charge in [-0.1, -0.05) is 12.1 Å². The number of hydrogen-bond acceptors (Lipinski definition) is 5. The molecule has 1 unspecified atom stereocenters. The zero-order chi connectivity index (χ0) is 23.2. The van der Waals surface area contributed by atoms with Crippen LogP contribution in [0.25, 0.3) is 0 Å². The van der Waals surface area contributed by atoms with Crippen molar-refractivity contribution in [3.8, 4) is 0 Å². The van der Waals surface area contributed by atoms with Crippen molar-refractivity contribution in [3.63, 3.8) is 0 Å². The summed E-state index contributed by atoms with van der Waals surface area (Å²) in [7, 11) is 0. The number of anilines is 1. The molecule has 4 heterocycles. The summed E-state index contributed by atoms with van der Waals surface area (Å²) >= 11 is 1.64. The summed E-state index contributed by atoms with van der Waals surface area (Å²) in [5, 5.41) is 0. The van der Waals surface area contributed by atoms with Crippen LogP contribution in [0.3, 0.4) is 0 Å². The van der Waals surface area contributed by atoms with Gasteiger partial charge in [0.05, 0.1) is 30.6 Å². The van der Waals surface area contributed by atoms with E-state index in [1.54, 1.807) is 56.6 Å². The summed E-state index contributed by atoms with van der Waals surface area (Å²) < 4.78 is 5.49. The smallest absolute Gasteiger partial charge is 0.258 e. The van der Waals surface area contributed by atoms with Crippen molar-refractivity contribution in [2.24, 2.45) is 0 Å². The van der Waals surface area contributed by atoms with Crippen molar-refractivity contribution < 1.29 is 18.8 Å². The van der Waals surface area contributed by atoms with Crippen LogP contribution in [0.5, 0.6) is 0 Å². The molecule has 0 radical (unpaired) electrons. The predicted molar refractivity (Wildman–Crippen MR) is 125 cm³/mol. The van der Waals surface area contributed by atoms with Gasteiger partial charge in [-0.3, -0.25) is 19.3 Å². The first kappa shape index (κ1) is 21.5. The molecule has 5 rings (SSSR count). The van der Waals surface area contributed by atoms with E-state index in [1.807, 2.05) is 38.1 Å². The van der Waals surface area contributed by atoms with E-state index >= 15 is 0 Å². The number of furan rings is 1. The minimum Gasteiger partial charge on any atom is -0.467 e. The van der Waals surface area contributed by atoms with E-state index in [1.165, 1.54) is 4.88 Å². The molecule has 0 aliphatic carbocycles. The minimum absolute atomic E-state index is 0.0311. The highest BCUT2D eigenvalue weighted by Gasteiger charge is 2.53. The largest absolute Gasteiger partial charge is 0.467 e. The topological polar surface area (TPSA) is 74.1 Å². The van der Waals surface area contributed by atoms with Crippen LogP contribution >= 0.6 is 11.3 Å². The monoisotopic (exact) mass is 463 g/mol. The number of thiophene rings is 1. The molecule has 3 amide bonds. The van der Waals surface area contributed by atoms with Crippen molar-refractivity contribution >= 4 is 34.7 Å². The third-order valence-corrected chi connectivity index (χ3v) is 7.45. The lowest BCUT2D eigenvalue weighted by Crippen LogP contribution is -2.64. The van der Waals surface area contributed by atoms with Crippen LogP contribution < -0.4 is 4.90 Å². The van der Waals surface area contributed by atoms with Crippen molar-refractivity contribution in [1.29, 1.82) is 0 Å². The number of carbonyl (C=O) groups excluding carboxylic acids is 3. The highest BCUT2D eigenvalue weighted by molar-refractivity contribution is 7.11. The van der Waals surface area contributed by atoms with Gasteiger partial charge in [0.25, 0.3) is 5.91 Å². The summed E-state index contributed by atoms with van der Waals surface area (Å²) in [5.74, 6) is 0.232. The Hall–Kier alpha value is -3.39. The van der Waals surface area contributed by atoms with Crippen LogP contribution in [0.2, 0.25) is 0 Å². The fraction of sp³-hybridized carbons (Fsp3) is 0.320. The quantitative estimate of drug-likeness (QED) is 0.550. The molecule has 33 heavy (non-hydrogen) atoms. The van der Waals surface area contributed by atoms with E-state index in [0.717, 1.165) is 4.88 Å². The molecule has 8 heteroatoms. The maximum atomic E-state index is 13.6. The number of para-hydroxylation sites is 1. The summed E-state index contributed by atoms with van der Waals surface area (Å²) in [5.41, 5.74) is 0.204. The van der Waals surface area contributed by atoms with Gasteiger partial charge in [-0.05, 0) is 56.7 Å². The molecule has 0 saturated carbocycles. The van der Waals surface area contributed by atoms with E-state index in [-0.39, 0.29) is 24.3 Å². The predicted octanol–water partition coefficient (Wildman–Crippen LogP) is 4.18. The van der Waals surface area contributed by atoms with Gasteiger partial charge in [0.15, 0.2) is 0 Å². The molecule has 170 valence electrons. The number of hydrogen-bond donors (Lipinski definition) is 0. The van der Waals surface area contributed by atoms with E-state index in [9.17, 15) is 14.4 Å². The second kappa shape index (κ2) is 8.19. The molecule has 0 spiro atoms. The van der Waals surface area contributed by atoms with Crippen molar-refractivity contribution in [3.05, 3.63) is 75.9 Å². The lowest BCUT2D eigenvalue weighted by atomic mass is 9.98. The van der Waals surface area contributed by atoms with Gasteiger partial charge in [-0.2, -0.15) is 0 Å². The molecule has 7 nitrogen and oxygen atoms in total. The van der Waals surface area contributed by atoms with Crippen molar-refractivity contribution in [2.45, 2.75) is 45.4 Å². The first-order chi connectivity index (χ1) is 15.9. The van der Waals surface area contributed by atoms with Crippen LogP contribution in [0.15, 0.2) is 59.2 Å². The van der Waals surface area contributed by atoms with Gasteiger partial charge >= 0.3 is 0 Å². The summed E-state index contributed by atoms with van der Waals surface area (Å²) in [6, 6.07) is 14.8. The van der Waals surface area contributed by atoms with Crippen LogP contribution in [0.1, 0.15) is 45.6 Å². The average molecular weight is 464 g/mol. The van der Waals surface area contributed by atoms with Gasteiger partial charge < -0.3 is 14.2 Å². The summed E-state index contributed by atoms with van der Waals surface area (Å²) in [6.07, 6.45) is 2.41. The molecule has 1 aromatic carbocycles. The number of amides is 3. The molecule has 2 aliphatic heterocycles. The molecule has 1 atom stereocenters. The maximum Gasteiger partial charge on any atom is 0.258 e. The van der Waals surface area contributed by atoms with Crippen molar-refractivity contribution in [1.82, 2.24) is 9.80 Å². The minimum atomic E-state index is -0.867. The second-order valence-corrected chi connectivity index (χ2v) is 10.1. The third-order valence-electron chi connectivity index (χ3n) is 6.46. The van der Waals surface area contributed by atoms with Gasteiger partial charge in [0.1, 0.15) is 18.0 Å². The lowest BCUT2D eigenvalue weighted by Gasteiger charge is -2.48. The Kier molecular flexibility index (Phi) is 5.32. The van der Waals surface area contributed by atoms with Crippen LogP contribution in [-0.2, 0) is 22.7 Å². The SMILES string of the molecule is Cc1ccc(CN(Cc2ccco2)C(=O)CN2C(=O)c3ccccc3N3C(=O)CCC23C)s1. The van der Waals surface area contributed by atoms with Crippen LogP contribution in [0.4, 0.5) is 5.69 Å². The van der Waals surface area contributed by atoms with Crippen LogP contribution in [0, 0.1) is 6.92 Å². The Labute approximate surface area is 196 Å². The van der Waals surface area contributed by atoms with E-state index in [0.29, 0.717) is 42.9 Å². The van der Waals surface area contributed by atoms with Gasteiger partial charge in [-0.25, -0.2) is 0 Å². The van der Waals surface area contributed by atoms with E-state index in [4.69, 9.17) is 4.42 Å². The second-order valence-electron chi connectivity index (χ2n) is 8.70. The van der Waals surface area contributed by atoms with Crippen molar-refractivity contribution in [2.75, 3.05) is 11.4 Å². The molecule has 0 bridgehead atoms. The highest BCUT2D eigenvalue weighted by atomic mass is 32.1. The Morgan fingerprint density at radius 2 is 1.94 bits per heavy atom. The highest BCUT2D eigenvalue weighted by Crippen LogP contribution is 2.44. The molecular weight excluding hydrogens is 438 g/mol. The molecule has 2 aromatic heterocycles. The molecule has 1 fully saturated rings. The van der Waals surface area contributed by atoms with Crippen LogP contribution in [-0.4, -0.2) is 39.7 Å². The zero-order valence-corrected chi connectivity index (χ0v) is 19.4.